The average molecular weight is 365 g/mol. The molecule has 0 radical (unpaired) electrons. The number of non-ortho nitro benzene ring substituents is 1. The van der Waals surface area contributed by atoms with Crippen LogP contribution in [0.3, 0.4) is 0 Å². The number of nitro benzene ring substituents is 1. The summed E-state index contributed by atoms with van der Waals surface area (Å²) in [5.41, 5.74) is 1.72. The van der Waals surface area contributed by atoms with Gasteiger partial charge in [-0.2, -0.15) is 0 Å². The minimum Gasteiger partial charge on any atom is -0.460 e. The predicted octanol–water partition coefficient (Wildman–Crippen LogP) is 1.92. The first-order valence-corrected chi connectivity index (χ1v) is 7.93. The van der Waals surface area contributed by atoms with E-state index in [1.54, 1.807) is 31.0 Å². The van der Waals surface area contributed by atoms with Gasteiger partial charge in [-0.1, -0.05) is 0 Å². The van der Waals surface area contributed by atoms with Crippen LogP contribution >= 0.6 is 12.2 Å². The number of esters is 1. The van der Waals surface area contributed by atoms with Gasteiger partial charge in [0.15, 0.2) is 5.11 Å². The molecule has 25 heavy (non-hydrogen) atoms. The van der Waals surface area contributed by atoms with Gasteiger partial charge >= 0.3 is 5.97 Å². The van der Waals surface area contributed by atoms with Crippen LogP contribution in [-0.4, -0.2) is 48.3 Å². The van der Waals surface area contributed by atoms with Gasteiger partial charge in [-0.25, -0.2) is 4.79 Å². The highest BCUT2D eigenvalue weighted by Gasteiger charge is 2.33. The van der Waals surface area contributed by atoms with Gasteiger partial charge < -0.3 is 19.7 Å². The highest BCUT2D eigenvalue weighted by atomic mass is 32.1. The summed E-state index contributed by atoms with van der Waals surface area (Å²) in [4.78, 5) is 24.6. The lowest BCUT2D eigenvalue weighted by Crippen LogP contribution is -2.46. The van der Waals surface area contributed by atoms with E-state index in [-0.39, 0.29) is 12.3 Å². The highest BCUT2D eigenvalue weighted by molar-refractivity contribution is 7.80. The van der Waals surface area contributed by atoms with E-state index in [9.17, 15) is 14.9 Å². The van der Waals surface area contributed by atoms with E-state index in [0.717, 1.165) is 0 Å². The molecule has 8 nitrogen and oxygen atoms in total. The number of hydrogen-bond donors (Lipinski definition) is 1. The largest absolute Gasteiger partial charge is 0.460 e. The Bertz CT molecular complexity index is 717. The molecule has 0 spiro atoms. The Kier molecular flexibility index (Phi) is 6.05. The maximum Gasteiger partial charge on any atom is 0.338 e. The summed E-state index contributed by atoms with van der Waals surface area (Å²) in [5.74, 6) is -0.486. The molecule has 0 unspecified atom stereocenters. The Morgan fingerprint density at radius 1 is 1.36 bits per heavy atom. The van der Waals surface area contributed by atoms with E-state index in [2.05, 4.69) is 5.32 Å². The minimum atomic E-state index is -0.542. The van der Waals surface area contributed by atoms with Gasteiger partial charge in [0.25, 0.3) is 5.69 Å². The quantitative estimate of drug-likeness (QED) is 0.269. The normalized spacial score (nSPS) is 17.3. The van der Waals surface area contributed by atoms with Crippen molar-refractivity contribution in [3.8, 4) is 0 Å². The van der Waals surface area contributed by atoms with Crippen LogP contribution in [0.15, 0.2) is 35.5 Å². The Balaban J connectivity index is 2.37. The molecule has 0 saturated heterocycles. The second-order valence-electron chi connectivity index (χ2n) is 5.42. The molecule has 0 aliphatic carbocycles. The molecule has 1 aliphatic rings. The molecule has 1 aromatic rings. The summed E-state index contributed by atoms with van der Waals surface area (Å²) in [5, 5.41) is 14.4. The zero-order valence-electron chi connectivity index (χ0n) is 14.1. The number of nitrogens with one attached hydrogen (secondary N) is 1. The van der Waals surface area contributed by atoms with Crippen molar-refractivity contribution in [2.45, 2.75) is 13.0 Å². The lowest BCUT2D eigenvalue weighted by molar-refractivity contribution is -0.384. The summed E-state index contributed by atoms with van der Waals surface area (Å²) in [6.45, 7) is 2.20. The van der Waals surface area contributed by atoms with E-state index in [1.807, 2.05) is 0 Å². The summed E-state index contributed by atoms with van der Waals surface area (Å²) < 4.78 is 10.1. The Labute approximate surface area is 150 Å². The van der Waals surface area contributed by atoms with Gasteiger partial charge in [0, 0.05) is 32.0 Å². The van der Waals surface area contributed by atoms with E-state index >= 15 is 0 Å². The number of thiocarbonyl (C=S) groups is 1. The zero-order valence-corrected chi connectivity index (χ0v) is 15.0. The summed E-state index contributed by atoms with van der Waals surface area (Å²) in [6.07, 6.45) is 0. The number of rotatable bonds is 6. The highest BCUT2D eigenvalue weighted by Crippen LogP contribution is 2.31. The molecule has 1 heterocycles. The van der Waals surface area contributed by atoms with Crippen LogP contribution in [-0.2, 0) is 14.3 Å². The molecule has 0 aromatic heterocycles. The van der Waals surface area contributed by atoms with Crippen molar-refractivity contribution in [1.29, 1.82) is 0 Å². The number of carbonyl (C=O) groups is 1. The lowest BCUT2D eigenvalue weighted by Gasteiger charge is -2.35. The smallest absolute Gasteiger partial charge is 0.338 e. The van der Waals surface area contributed by atoms with Crippen LogP contribution in [0.4, 0.5) is 5.69 Å². The van der Waals surface area contributed by atoms with Gasteiger partial charge in [0.2, 0.25) is 0 Å². The van der Waals surface area contributed by atoms with Crippen molar-refractivity contribution in [3.63, 3.8) is 0 Å². The first-order valence-electron chi connectivity index (χ1n) is 7.52. The van der Waals surface area contributed by atoms with Crippen LogP contribution in [0, 0.1) is 10.1 Å². The van der Waals surface area contributed by atoms with Crippen LogP contribution < -0.4 is 5.32 Å². The zero-order chi connectivity index (χ0) is 18.6. The lowest BCUT2D eigenvalue weighted by atomic mass is 9.95. The first kappa shape index (κ1) is 18.8. The third-order valence-corrected chi connectivity index (χ3v) is 4.32. The molecule has 0 saturated carbocycles. The Morgan fingerprint density at radius 2 is 2.00 bits per heavy atom. The third kappa shape index (κ3) is 4.12. The molecule has 1 aliphatic heterocycles. The van der Waals surface area contributed by atoms with Crippen LogP contribution in [0.5, 0.6) is 0 Å². The second kappa shape index (κ2) is 8.04. The van der Waals surface area contributed by atoms with Crippen LogP contribution in [0.2, 0.25) is 0 Å². The number of carbonyl (C=O) groups excluding carboxylic acids is 1. The van der Waals surface area contributed by atoms with E-state index in [4.69, 9.17) is 21.7 Å². The van der Waals surface area contributed by atoms with E-state index in [1.165, 1.54) is 19.2 Å². The maximum atomic E-state index is 12.5. The van der Waals surface area contributed by atoms with E-state index < -0.39 is 16.9 Å². The number of benzene rings is 1. The van der Waals surface area contributed by atoms with Crippen molar-refractivity contribution >= 4 is 29.0 Å². The number of nitrogens with zero attached hydrogens (tertiary/aromatic N) is 2. The molecule has 1 aromatic carbocycles. The van der Waals surface area contributed by atoms with Crippen molar-refractivity contribution < 1.29 is 19.2 Å². The minimum absolute atomic E-state index is 0.0239. The van der Waals surface area contributed by atoms with Gasteiger partial charge in [0.1, 0.15) is 6.61 Å². The number of hydrogen-bond acceptors (Lipinski definition) is 6. The number of methoxy groups -OCH3 is 1. The van der Waals surface area contributed by atoms with Crippen molar-refractivity contribution in [2.24, 2.45) is 0 Å². The molecule has 2 rings (SSSR count). The molecule has 0 bridgehead atoms. The fourth-order valence-electron chi connectivity index (χ4n) is 2.43. The molecule has 1 N–H and O–H groups in total. The number of ether oxygens (including phenoxy) is 2. The molecule has 134 valence electrons. The summed E-state index contributed by atoms with van der Waals surface area (Å²) in [7, 11) is 3.27. The molecular weight excluding hydrogens is 346 g/mol. The average Bonchev–Trinajstić information content (AvgIpc) is 2.59. The first-order chi connectivity index (χ1) is 11.9. The number of allylic oxidation sites excluding steroid dienone is 1. The van der Waals surface area contributed by atoms with Crippen LogP contribution in [0.1, 0.15) is 18.5 Å². The SMILES string of the molecule is COCCOC(=O)C1=C(C)N(C)C(=S)N[C@H]1c1ccc([N+](=O)[O-])cc1. The number of nitro groups is 1. The van der Waals surface area contributed by atoms with Gasteiger partial charge in [-0.3, -0.25) is 10.1 Å². The summed E-state index contributed by atoms with van der Waals surface area (Å²) >= 11 is 5.30. The van der Waals surface area contributed by atoms with Gasteiger partial charge in [-0.05, 0) is 36.8 Å². The summed E-state index contributed by atoms with van der Waals surface area (Å²) in [6, 6.07) is 5.43. The standard InChI is InChI=1S/C16H19N3O5S/c1-10-13(15(20)24-9-8-23-3)14(17-16(25)18(10)2)11-4-6-12(7-5-11)19(21)22/h4-7,14H,8-9H2,1-3H3,(H,17,25)/t14-/m0/s1. The fourth-order valence-corrected chi connectivity index (χ4v) is 2.69. The van der Waals surface area contributed by atoms with E-state index in [0.29, 0.717) is 28.6 Å². The third-order valence-electron chi connectivity index (χ3n) is 3.93. The molecule has 9 heteroatoms. The Hall–Kier alpha value is -2.52. The van der Waals surface area contributed by atoms with Crippen molar-refractivity contribution in [2.75, 3.05) is 27.4 Å². The molecule has 0 fully saturated rings. The van der Waals surface area contributed by atoms with Crippen molar-refractivity contribution in [3.05, 3.63) is 51.2 Å². The molecular formula is C16H19N3O5S. The Morgan fingerprint density at radius 3 is 2.56 bits per heavy atom. The van der Waals surface area contributed by atoms with Crippen molar-refractivity contribution in [1.82, 2.24) is 10.2 Å². The monoisotopic (exact) mass is 365 g/mol. The molecule has 0 amide bonds. The fraction of sp³-hybridized carbons (Fsp3) is 0.375. The predicted molar refractivity (Wildman–Crippen MR) is 94.9 cm³/mol. The van der Waals surface area contributed by atoms with Crippen LogP contribution in [0.25, 0.3) is 0 Å². The van der Waals surface area contributed by atoms with Gasteiger partial charge in [-0.15, -0.1) is 0 Å². The van der Waals surface area contributed by atoms with Gasteiger partial charge in [0.05, 0.1) is 23.1 Å². The second-order valence-corrected chi connectivity index (χ2v) is 5.80. The molecule has 1 atom stereocenters. The maximum absolute atomic E-state index is 12.5. The topological polar surface area (TPSA) is 93.9 Å².